The lowest BCUT2D eigenvalue weighted by Crippen LogP contribution is -2.32. The van der Waals surface area contributed by atoms with Crippen LogP contribution in [-0.4, -0.2) is 44.4 Å². The Morgan fingerprint density at radius 3 is 2.16 bits per heavy atom. The molecule has 2 unspecified atom stereocenters. The summed E-state index contributed by atoms with van der Waals surface area (Å²) in [6, 6.07) is 14.4. The lowest BCUT2D eigenvalue weighted by molar-refractivity contribution is -0.141. The Kier molecular flexibility index (Phi) is 7.09. The normalized spacial score (nSPS) is 12.9. The zero-order valence-corrected chi connectivity index (χ0v) is 17.6. The van der Waals surface area contributed by atoms with Crippen LogP contribution in [0.2, 0.25) is 0 Å². The van der Waals surface area contributed by atoms with Crippen molar-refractivity contribution in [3.8, 4) is 0 Å². The number of ether oxygens (including phenoxy) is 1. The van der Waals surface area contributed by atoms with E-state index in [0.717, 1.165) is 22.3 Å². The summed E-state index contributed by atoms with van der Waals surface area (Å²) >= 11 is 0. The van der Waals surface area contributed by atoms with Crippen molar-refractivity contribution in [2.45, 2.75) is 38.9 Å². The van der Waals surface area contributed by atoms with Crippen LogP contribution in [0.1, 0.15) is 46.6 Å². The summed E-state index contributed by atoms with van der Waals surface area (Å²) in [5.74, 6) is -1.04. The summed E-state index contributed by atoms with van der Waals surface area (Å²) < 4.78 is 6.10. The van der Waals surface area contributed by atoms with Crippen LogP contribution < -0.4 is 5.32 Å². The number of carbonyl (C=O) groups excluding carboxylic acids is 1. The molecule has 9 heteroatoms. The maximum atomic E-state index is 11.8. The summed E-state index contributed by atoms with van der Waals surface area (Å²) in [6.07, 6.45) is -0.135. The Balaban J connectivity index is 2.02. The van der Waals surface area contributed by atoms with Crippen molar-refractivity contribution in [2.24, 2.45) is 0 Å². The third kappa shape index (κ3) is 5.73. The monoisotopic (exact) mass is 423 g/mol. The van der Waals surface area contributed by atoms with Gasteiger partial charge in [-0.05, 0) is 35.4 Å². The number of carboxylic acids is 1. The number of nitrogens with one attached hydrogen (secondary N) is 1. The highest BCUT2D eigenvalue weighted by Crippen LogP contribution is 2.27. The quantitative estimate of drug-likeness (QED) is 0.504. The molecule has 2 aromatic carbocycles. The van der Waals surface area contributed by atoms with E-state index in [1.807, 2.05) is 62.4 Å². The lowest BCUT2D eigenvalue weighted by Gasteiger charge is -2.25. The molecule has 2 N–H and O–H groups in total. The summed E-state index contributed by atoms with van der Waals surface area (Å²) in [5, 5.41) is 24.7. The predicted octanol–water partition coefficient (Wildman–Crippen LogP) is 2.36. The van der Waals surface area contributed by atoms with E-state index in [0.29, 0.717) is 5.82 Å². The molecule has 0 bridgehead atoms. The van der Waals surface area contributed by atoms with E-state index in [2.05, 4.69) is 20.8 Å². The Bertz CT molecular complexity index is 1030. The van der Waals surface area contributed by atoms with Gasteiger partial charge in [-0.3, -0.25) is 14.9 Å². The highest BCUT2D eigenvalue weighted by Gasteiger charge is 2.27. The SMILES string of the molecule is COC(=O)Cn1nnnc1C(NC(CC(=O)O)c1ccc(C)cc1)c1ccc(C)cc1. The topological polar surface area (TPSA) is 119 Å². The van der Waals surface area contributed by atoms with Gasteiger partial charge < -0.3 is 9.84 Å². The molecule has 0 amide bonds. The lowest BCUT2D eigenvalue weighted by atomic mass is 9.98. The van der Waals surface area contributed by atoms with Gasteiger partial charge in [-0.1, -0.05) is 59.7 Å². The van der Waals surface area contributed by atoms with E-state index < -0.39 is 24.0 Å². The standard InChI is InChI=1S/C22H25N5O4/c1-14-4-8-16(9-5-14)18(12-19(28)29)23-21(17-10-6-15(2)7-11-17)22-24-25-26-27(22)13-20(30)31-3/h4-11,18,21,23H,12-13H2,1-3H3,(H,28,29). The highest BCUT2D eigenvalue weighted by atomic mass is 16.5. The molecule has 0 aliphatic heterocycles. The van der Waals surface area contributed by atoms with Crippen molar-refractivity contribution >= 4 is 11.9 Å². The second-order valence-corrected chi connectivity index (χ2v) is 7.34. The molecule has 0 fully saturated rings. The molecule has 162 valence electrons. The van der Waals surface area contributed by atoms with Crippen molar-refractivity contribution in [3.05, 3.63) is 76.6 Å². The number of esters is 1. The van der Waals surface area contributed by atoms with Gasteiger partial charge >= 0.3 is 11.9 Å². The smallest absolute Gasteiger partial charge is 0.327 e. The maximum Gasteiger partial charge on any atom is 0.327 e. The summed E-state index contributed by atoms with van der Waals surface area (Å²) in [6.45, 7) is 3.80. The van der Waals surface area contributed by atoms with E-state index in [-0.39, 0.29) is 13.0 Å². The minimum absolute atomic E-state index is 0.135. The van der Waals surface area contributed by atoms with Gasteiger partial charge in [-0.15, -0.1) is 5.10 Å². The van der Waals surface area contributed by atoms with Crippen LogP contribution in [0.3, 0.4) is 0 Å². The molecule has 0 saturated carbocycles. The molecule has 0 radical (unpaired) electrons. The summed E-state index contributed by atoms with van der Waals surface area (Å²) in [5.41, 5.74) is 3.83. The molecule has 3 aromatic rings. The number of aromatic nitrogens is 4. The van der Waals surface area contributed by atoms with Crippen molar-refractivity contribution in [2.75, 3.05) is 7.11 Å². The third-order valence-electron chi connectivity index (χ3n) is 4.96. The minimum Gasteiger partial charge on any atom is -0.481 e. The van der Waals surface area contributed by atoms with E-state index in [1.165, 1.54) is 11.8 Å². The molecule has 1 heterocycles. The number of carboxylic acid groups (broad SMARTS) is 1. The van der Waals surface area contributed by atoms with Crippen LogP contribution in [0.5, 0.6) is 0 Å². The van der Waals surface area contributed by atoms with E-state index in [4.69, 9.17) is 4.74 Å². The maximum absolute atomic E-state index is 11.8. The average molecular weight is 423 g/mol. The number of aryl methyl sites for hydroxylation is 2. The van der Waals surface area contributed by atoms with Crippen LogP contribution in [0.4, 0.5) is 0 Å². The zero-order valence-electron chi connectivity index (χ0n) is 17.6. The van der Waals surface area contributed by atoms with Crippen LogP contribution in [-0.2, 0) is 20.9 Å². The number of hydrogen-bond acceptors (Lipinski definition) is 7. The molecule has 0 aliphatic rings. The molecule has 9 nitrogen and oxygen atoms in total. The highest BCUT2D eigenvalue weighted by molar-refractivity contribution is 5.69. The van der Waals surface area contributed by atoms with Gasteiger partial charge in [0.2, 0.25) is 0 Å². The molecular weight excluding hydrogens is 398 g/mol. The number of tetrazole rings is 1. The molecule has 0 saturated heterocycles. The molecule has 31 heavy (non-hydrogen) atoms. The number of rotatable bonds is 9. The van der Waals surface area contributed by atoms with Crippen LogP contribution in [0.25, 0.3) is 0 Å². The number of hydrogen-bond donors (Lipinski definition) is 2. The number of benzene rings is 2. The third-order valence-corrected chi connectivity index (χ3v) is 4.96. The molecule has 0 aliphatic carbocycles. The first-order chi connectivity index (χ1) is 14.9. The van der Waals surface area contributed by atoms with Crippen LogP contribution >= 0.6 is 0 Å². The first-order valence-electron chi connectivity index (χ1n) is 9.81. The minimum atomic E-state index is -0.935. The van der Waals surface area contributed by atoms with E-state index >= 15 is 0 Å². The Morgan fingerprint density at radius 1 is 1.03 bits per heavy atom. The van der Waals surface area contributed by atoms with Crippen molar-refractivity contribution in [3.63, 3.8) is 0 Å². The molecule has 3 rings (SSSR count). The van der Waals surface area contributed by atoms with Crippen LogP contribution in [0, 0.1) is 13.8 Å². The van der Waals surface area contributed by atoms with Gasteiger partial charge in [0.25, 0.3) is 0 Å². The Morgan fingerprint density at radius 2 is 1.61 bits per heavy atom. The van der Waals surface area contributed by atoms with E-state index in [1.54, 1.807) is 0 Å². The molecule has 1 aromatic heterocycles. The van der Waals surface area contributed by atoms with Gasteiger partial charge in [-0.25, -0.2) is 4.68 Å². The number of carbonyl (C=O) groups is 2. The van der Waals surface area contributed by atoms with Crippen molar-refractivity contribution < 1.29 is 19.4 Å². The fourth-order valence-electron chi connectivity index (χ4n) is 3.24. The molecular formula is C22H25N5O4. The Labute approximate surface area is 180 Å². The second-order valence-electron chi connectivity index (χ2n) is 7.34. The van der Waals surface area contributed by atoms with Crippen molar-refractivity contribution in [1.29, 1.82) is 0 Å². The largest absolute Gasteiger partial charge is 0.481 e. The zero-order chi connectivity index (χ0) is 22.4. The van der Waals surface area contributed by atoms with Crippen molar-refractivity contribution in [1.82, 2.24) is 25.5 Å². The molecule has 0 spiro atoms. The van der Waals surface area contributed by atoms with Gasteiger partial charge in [-0.2, -0.15) is 0 Å². The summed E-state index contributed by atoms with van der Waals surface area (Å²) in [7, 11) is 1.29. The number of nitrogens with zero attached hydrogens (tertiary/aromatic N) is 4. The van der Waals surface area contributed by atoms with Gasteiger partial charge in [0.1, 0.15) is 6.54 Å². The molecule has 2 atom stereocenters. The average Bonchev–Trinajstić information content (AvgIpc) is 3.19. The second kappa shape index (κ2) is 9.94. The van der Waals surface area contributed by atoms with Gasteiger partial charge in [0.15, 0.2) is 5.82 Å². The predicted molar refractivity (Wildman–Crippen MR) is 112 cm³/mol. The van der Waals surface area contributed by atoms with Gasteiger partial charge in [0.05, 0.1) is 19.6 Å². The first-order valence-corrected chi connectivity index (χ1v) is 9.81. The summed E-state index contributed by atoms with van der Waals surface area (Å²) in [4.78, 5) is 23.4. The fraction of sp³-hybridized carbons (Fsp3) is 0.318. The number of aliphatic carboxylic acids is 1. The van der Waals surface area contributed by atoms with Crippen LogP contribution in [0.15, 0.2) is 48.5 Å². The fourth-order valence-corrected chi connectivity index (χ4v) is 3.24. The Hall–Kier alpha value is -3.59. The van der Waals surface area contributed by atoms with Gasteiger partial charge in [0, 0.05) is 6.04 Å². The number of methoxy groups -OCH3 is 1. The first kappa shape index (κ1) is 22.1. The van der Waals surface area contributed by atoms with E-state index in [9.17, 15) is 14.7 Å².